The van der Waals surface area contributed by atoms with Crippen molar-refractivity contribution in [3.05, 3.63) is 77.1 Å². The molecule has 5 nitrogen and oxygen atoms in total. The highest BCUT2D eigenvalue weighted by Gasteiger charge is 2.22. The SMILES string of the molecule is Cc1[nH]c(SCC(=O)N[C@H]2CCOc3ccccc32)nc1Cc1ccccc1. The highest BCUT2D eigenvalue weighted by molar-refractivity contribution is 7.99. The number of hydrogen-bond donors (Lipinski definition) is 2. The largest absolute Gasteiger partial charge is 0.493 e. The molecule has 2 N–H and O–H groups in total. The van der Waals surface area contributed by atoms with Gasteiger partial charge in [0.2, 0.25) is 5.91 Å². The van der Waals surface area contributed by atoms with Gasteiger partial charge in [0.1, 0.15) is 5.75 Å². The summed E-state index contributed by atoms with van der Waals surface area (Å²) < 4.78 is 5.66. The molecule has 0 bridgehead atoms. The number of ether oxygens (including phenoxy) is 1. The zero-order chi connectivity index (χ0) is 19.3. The van der Waals surface area contributed by atoms with Crippen LogP contribution in [0.3, 0.4) is 0 Å². The summed E-state index contributed by atoms with van der Waals surface area (Å²) in [6.07, 6.45) is 1.57. The molecule has 1 amide bonds. The lowest BCUT2D eigenvalue weighted by Gasteiger charge is -2.26. The first-order valence-electron chi connectivity index (χ1n) is 9.42. The van der Waals surface area contributed by atoms with Gasteiger partial charge < -0.3 is 15.0 Å². The van der Waals surface area contributed by atoms with Gasteiger partial charge in [-0.1, -0.05) is 60.3 Å². The Morgan fingerprint density at radius 1 is 1.21 bits per heavy atom. The van der Waals surface area contributed by atoms with Gasteiger partial charge in [0.15, 0.2) is 5.16 Å². The summed E-state index contributed by atoms with van der Waals surface area (Å²) in [6, 6.07) is 18.2. The van der Waals surface area contributed by atoms with Gasteiger partial charge in [0.05, 0.1) is 24.1 Å². The number of aryl methyl sites for hydroxylation is 1. The minimum absolute atomic E-state index is 0.00466. The van der Waals surface area contributed by atoms with Crippen LogP contribution >= 0.6 is 11.8 Å². The van der Waals surface area contributed by atoms with E-state index < -0.39 is 0 Å². The zero-order valence-corrected chi connectivity index (χ0v) is 16.6. The van der Waals surface area contributed by atoms with Crippen molar-refractivity contribution in [2.75, 3.05) is 12.4 Å². The van der Waals surface area contributed by atoms with Crippen molar-refractivity contribution in [3.8, 4) is 5.75 Å². The third kappa shape index (κ3) is 4.39. The van der Waals surface area contributed by atoms with E-state index in [0.717, 1.165) is 40.7 Å². The van der Waals surface area contributed by atoms with Gasteiger partial charge in [-0.2, -0.15) is 0 Å². The van der Waals surface area contributed by atoms with Crippen LogP contribution in [0.1, 0.15) is 35.0 Å². The van der Waals surface area contributed by atoms with E-state index in [4.69, 9.17) is 4.74 Å². The fourth-order valence-electron chi connectivity index (χ4n) is 3.36. The van der Waals surface area contributed by atoms with Crippen molar-refractivity contribution in [1.29, 1.82) is 0 Å². The molecular weight excluding hydrogens is 370 g/mol. The first kappa shape index (κ1) is 18.6. The molecule has 2 heterocycles. The van der Waals surface area contributed by atoms with Crippen LogP contribution < -0.4 is 10.1 Å². The number of carbonyl (C=O) groups excluding carboxylic acids is 1. The van der Waals surface area contributed by atoms with E-state index in [2.05, 4.69) is 27.4 Å². The Labute approximate surface area is 168 Å². The van der Waals surface area contributed by atoms with Crippen molar-refractivity contribution in [2.45, 2.75) is 31.0 Å². The standard InChI is InChI=1S/C22H23N3O2S/c1-15-19(13-16-7-3-2-4-8-16)25-22(23-15)28-14-21(26)24-18-11-12-27-20-10-6-5-9-17(18)20/h2-10,18H,11-14H2,1H3,(H,23,25)(H,24,26)/t18-/m0/s1. The lowest BCUT2D eigenvalue weighted by molar-refractivity contribution is -0.119. The van der Waals surface area contributed by atoms with E-state index >= 15 is 0 Å². The number of rotatable bonds is 6. The number of nitrogens with zero attached hydrogens (tertiary/aromatic N) is 1. The van der Waals surface area contributed by atoms with Gasteiger partial charge in [-0.3, -0.25) is 4.79 Å². The average molecular weight is 394 g/mol. The van der Waals surface area contributed by atoms with Gasteiger partial charge in [-0.05, 0) is 18.6 Å². The second kappa shape index (κ2) is 8.52. The van der Waals surface area contributed by atoms with E-state index in [1.807, 2.05) is 49.4 Å². The Hall–Kier alpha value is -2.73. The number of nitrogens with one attached hydrogen (secondary N) is 2. The average Bonchev–Trinajstić information content (AvgIpc) is 3.07. The molecule has 1 aromatic heterocycles. The molecule has 6 heteroatoms. The maximum absolute atomic E-state index is 12.5. The Kier molecular flexibility index (Phi) is 5.67. The maximum Gasteiger partial charge on any atom is 0.230 e. The molecule has 2 aromatic carbocycles. The second-order valence-corrected chi connectivity index (χ2v) is 7.82. The van der Waals surface area contributed by atoms with Crippen LogP contribution in [0.25, 0.3) is 0 Å². The molecule has 0 saturated carbocycles. The molecule has 1 aliphatic heterocycles. The van der Waals surface area contributed by atoms with Crippen LogP contribution in [0.5, 0.6) is 5.75 Å². The predicted molar refractivity (Wildman–Crippen MR) is 111 cm³/mol. The monoisotopic (exact) mass is 393 g/mol. The topological polar surface area (TPSA) is 67.0 Å². The summed E-state index contributed by atoms with van der Waals surface area (Å²) in [6.45, 7) is 2.64. The van der Waals surface area contributed by atoms with Gasteiger partial charge in [-0.25, -0.2) is 4.98 Å². The number of imidazole rings is 1. The molecule has 28 heavy (non-hydrogen) atoms. The van der Waals surface area contributed by atoms with Crippen molar-refractivity contribution in [1.82, 2.24) is 15.3 Å². The lowest BCUT2D eigenvalue weighted by atomic mass is 10.0. The summed E-state index contributed by atoms with van der Waals surface area (Å²) in [7, 11) is 0. The Bertz CT molecular complexity index is 955. The molecule has 0 fully saturated rings. The third-order valence-corrected chi connectivity index (χ3v) is 5.69. The van der Waals surface area contributed by atoms with Crippen LogP contribution in [0, 0.1) is 6.92 Å². The first-order chi connectivity index (χ1) is 13.7. The molecule has 1 aliphatic rings. The molecule has 4 rings (SSSR count). The van der Waals surface area contributed by atoms with E-state index in [-0.39, 0.29) is 11.9 Å². The summed E-state index contributed by atoms with van der Waals surface area (Å²) in [4.78, 5) is 20.4. The van der Waals surface area contributed by atoms with Crippen molar-refractivity contribution >= 4 is 17.7 Å². The highest BCUT2D eigenvalue weighted by atomic mass is 32.2. The quantitative estimate of drug-likeness (QED) is 0.620. The molecule has 0 unspecified atom stereocenters. The minimum atomic E-state index is 0.00466. The number of aromatic nitrogens is 2. The fourth-order valence-corrected chi connectivity index (χ4v) is 4.11. The Morgan fingerprint density at radius 2 is 2.00 bits per heavy atom. The van der Waals surface area contributed by atoms with Gasteiger partial charge in [-0.15, -0.1) is 0 Å². The molecular formula is C22H23N3O2S. The van der Waals surface area contributed by atoms with Gasteiger partial charge in [0.25, 0.3) is 0 Å². The van der Waals surface area contributed by atoms with E-state index in [1.54, 1.807) is 0 Å². The van der Waals surface area contributed by atoms with Crippen LogP contribution in [-0.2, 0) is 11.2 Å². The van der Waals surface area contributed by atoms with E-state index in [9.17, 15) is 4.79 Å². The summed E-state index contributed by atoms with van der Waals surface area (Å²) >= 11 is 1.43. The number of carbonyl (C=O) groups is 1. The Balaban J connectivity index is 1.34. The first-order valence-corrected chi connectivity index (χ1v) is 10.4. The number of aromatic amines is 1. The molecule has 0 saturated heterocycles. The number of hydrogen-bond acceptors (Lipinski definition) is 4. The number of benzene rings is 2. The van der Waals surface area contributed by atoms with Crippen molar-refractivity contribution in [2.24, 2.45) is 0 Å². The van der Waals surface area contributed by atoms with Crippen LogP contribution in [0.4, 0.5) is 0 Å². The van der Waals surface area contributed by atoms with Gasteiger partial charge in [0, 0.05) is 24.1 Å². The molecule has 0 radical (unpaired) electrons. The molecule has 1 atom stereocenters. The zero-order valence-electron chi connectivity index (χ0n) is 15.8. The summed E-state index contributed by atoms with van der Waals surface area (Å²) in [5.41, 5.74) is 4.34. The molecule has 3 aromatic rings. The number of amides is 1. The third-order valence-electron chi connectivity index (χ3n) is 4.81. The minimum Gasteiger partial charge on any atom is -0.493 e. The Morgan fingerprint density at radius 3 is 2.86 bits per heavy atom. The molecule has 144 valence electrons. The summed E-state index contributed by atoms with van der Waals surface area (Å²) in [5, 5.41) is 3.91. The normalized spacial score (nSPS) is 15.5. The number of thioether (sulfide) groups is 1. The van der Waals surface area contributed by atoms with Crippen LogP contribution in [0.15, 0.2) is 59.8 Å². The number of H-pyrrole nitrogens is 1. The maximum atomic E-state index is 12.5. The van der Waals surface area contributed by atoms with Crippen LogP contribution in [-0.4, -0.2) is 28.2 Å². The summed E-state index contributed by atoms with van der Waals surface area (Å²) in [5.74, 6) is 1.20. The van der Waals surface area contributed by atoms with E-state index in [1.165, 1.54) is 17.3 Å². The van der Waals surface area contributed by atoms with E-state index in [0.29, 0.717) is 12.4 Å². The lowest BCUT2D eigenvalue weighted by Crippen LogP contribution is -2.33. The number of fused-ring (bicyclic) bond motifs is 1. The molecule has 0 spiro atoms. The van der Waals surface area contributed by atoms with Crippen molar-refractivity contribution in [3.63, 3.8) is 0 Å². The molecule has 0 aliphatic carbocycles. The van der Waals surface area contributed by atoms with Gasteiger partial charge >= 0.3 is 0 Å². The number of para-hydroxylation sites is 1. The smallest absolute Gasteiger partial charge is 0.230 e. The fraction of sp³-hybridized carbons (Fsp3) is 0.273. The highest BCUT2D eigenvalue weighted by Crippen LogP contribution is 2.31. The predicted octanol–water partition coefficient (Wildman–Crippen LogP) is 4.04. The second-order valence-electron chi connectivity index (χ2n) is 6.86. The van der Waals surface area contributed by atoms with Crippen molar-refractivity contribution < 1.29 is 9.53 Å². The van der Waals surface area contributed by atoms with Crippen LogP contribution in [0.2, 0.25) is 0 Å².